The van der Waals surface area contributed by atoms with Crippen molar-refractivity contribution in [1.82, 2.24) is 0 Å². The molecule has 1 saturated carbocycles. The highest BCUT2D eigenvalue weighted by Gasteiger charge is 2.38. The average Bonchev–Trinajstić information content (AvgIpc) is 2.76. The third kappa shape index (κ3) is 9.27. The number of carbonyl (C=O) groups is 2. The maximum atomic E-state index is 13.0. The first-order valence-corrected chi connectivity index (χ1v) is 9.96. The summed E-state index contributed by atoms with van der Waals surface area (Å²) in [7, 11) is 0. The lowest BCUT2D eigenvalue weighted by molar-refractivity contribution is -0.171. The van der Waals surface area contributed by atoms with E-state index >= 15 is 0 Å². The molecule has 2 aromatic carbocycles. The van der Waals surface area contributed by atoms with E-state index in [1.807, 2.05) is 0 Å². The zero-order valence-corrected chi connectivity index (χ0v) is 17.5. The topological polar surface area (TPSA) is 154 Å². The van der Waals surface area contributed by atoms with Gasteiger partial charge >= 0.3 is 12.1 Å². The molecule has 0 aromatic heterocycles. The summed E-state index contributed by atoms with van der Waals surface area (Å²) in [5.41, 5.74) is 1.47. The van der Waals surface area contributed by atoms with E-state index in [4.69, 9.17) is 24.5 Å². The highest BCUT2D eigenvalue weighted by molar-refractivity contribution is 5.87. The van der Waals surface area contributed by atoms with Gasteiger partial charge in [-0.1, -0.05) is 24.3 Å². The van der Waals surface area contributed by atoms with Crippen LogP contribution in [0.25, 0.3) is 6.08 Å². The van der Waals surface area contributed by atoms with E-state index in [-0.39, 0.29) is 31.0 Å². The summed E-state index contributed by atoms with van der Waals surface area (Å²) in [6.45, 7) is 0.217. The Hall–Kier alpha value is -3.47. The van der Waals surface area contributed by atoms with Crippen molar-refractivity contribution in [3.8, 4) is 5.75 Å². The average molecular weight is 464 g/mol. The van der Waals surface area contributed by atoms with E-state index in [1.54, 1.807) is 24.3 Å². The Labute approximate surface area is 189 Å². The molecular weight excluding hydrogens is 439 g/mol. The number of hydrogen-bond donors (Lipinski definition) is 5. The van der Waals surface area contributed by atoms with Crippen LogP contribution in [0.4, 0.5) is 9.18 Å². The van der Waals surface area contributed by atoms with Crippen molar-refractivity contribution in [2.75, 3.05) is 0 Å². The minimum Gasteiger partial charge on any atom is -0.508 e. The van der Waals surface area contributed by atoms with Gasteiger partial charge in [0.1, 0.15) is 23.8 Å². The smallest absolute Gasteiger partial charge is 0.503 e. The van der Waals surface area contributed by atoms with Crippen LogP contribution in [0.5, 0.6) is 5.75 Å². The monoisotopic (exact) mass is 464 g/mol. The normalized spacial score (nSPS) is 22.3. The molecule has 178 valence electrons. The van der Waals surface area contributed by atoms with Crippen LogP contribution in [0.15, 0.2) is 54.6 Å². The fourth-order valence-electron chi connectivity index (χ4n) is 3.14. The first-order valence-electron chi connectivity index (χ1n) is 9.96. The standard InChI is InChI=1S/C22H23FO6.CH2O3/c23-16-6-1-15(2-7-16)13-28-18-11-19(25)22(27)20(12-18)29-21(26)10-5-14-3-8-17(24)9-4-14;2-1(3)4/h1-10,18-20,22,24-25,27H,11-13H2;(H2,2,3,4)/b10-5+;/t18-,19-,20+,22+;/m0./s1. The fourth-order valence-corrected chi connectivity index (χ4v) is 3.14. The number of phenolic OH excluding ortho intramolecular Hbond substituents is 1. The van der Waals surface area contributed by atoms with E-state index in [9.17, 15) is 24.5 Å². The number of hydrogen-bond acceptors (Lipinski definition) is 7. The Balaban J connectivity index is 0.000000890. The number of aromatic hydroxyl groups is 1. The first-order chi connectivity index (χ1) is 15.6. The summed E-state index contributed by atoms with van der Waals surface area (Å²) in [4.78, 5) is 20.6. The van der Waals surface area contributed by atoms with Gasteiger partial charge in [0.05, 0.1) is 18.8 Å². The van der Waals surface area contributed by atoms with Crippen LogP contribution in [0.1, 0.15) is 24.0 Å². The van der Waals surface area contributed by atoms with Gasteiger partial charge in [0.15, 0.2) is 0 Å². The summed E-state index contributed by atoms with van der Waals surface area (Å²) in [5, 5.41) is 43.5. The van der Waals surface area contributed by atoms with Crippen molar-refractivity contribution in [2.45, 2.75) is 43.9 Å². The van der Waals surface area contributed by atoms with E-state index in [0.29, 0.717) is 5.56 Å². The zero-order valence-electron chi connectivity index (χ0n) is 17.5. The van der Waals surface area contributed by atoms with Gasteiger partial charge in [-0.3, -0.25) is 0 Å². The van der Waals surface area contributed by atoms with Crippen LogP contribution in [-0.4, -0.2) is 62.1 Å². The predicted octanol–water partition coefficient (Wildman–Crippen LogP) is 2.78. The van der Waals surface area contributed by atoms with Gasteiger partial charge in [-0.15, -0.1) is 0 Å². The number of carboxylic acid groups (broad SMARTS) is 2. The van der Waals surface area contributed by atoms with E-state index in [0.717, 1.165) is 5.56 Å². The lowest BCUT2D eigenvalue weighted by Crippen LogP contribution is -2.48. The van der Waals surface area contributed by atoms with Crippen molar-refractivity contribution >= 4 is 18.2 Å². The quantitative estimate of drug-likeness (QED) is 0.321. The number of aliphatic hydroxyl groups excluding tert-OH is 2. The van der Waals surface area contributed by atoms with Crippen LogP contribution < -0.4 is 0 Å². The summed E-state index contributed by atoms with van der Waals surface area (Å²) in [6.07, 6.45) is -2.26. The lowest BCUT2D eigenvalue weighted by Gasteiger charge is -2.36. The molecule has 33 heavy (non-hydrogen) atoms. The molecule has 1 aliphatic rings. The number of halogens is 1. The van der Waals surface area contributed by atoms with Crippen LogP contribution in [0.2, 0.25) is 0 Å². The Bertz CT molecular complexity index is 924. The molecule has 4 atom stereocenters. The SMILES string of the molecule is O=C(/C=C/c1ccc(O)cc1)O[C@@H]1C[C@@H](OCc2ccc(F)cc2)C[C@H](O)[C@H]1O.O=C(O)O. The molecule has 1 fully saturated rings. The largest absolute Gasteiger partial charge is 0.508 e. The lowest BCUT2D eigenvalue weighted by atomic mass is 9.89. The van der Waals surface area contributed by atoms with E-state index in [1.165, 1.54) is 36.4 Å². The van der Waals surface area contributed by atoms with Crippen LogP contribution in [0, 0.1) is 5.82 Å². The molecule has 0 heterocycles. The van der Waals surface area contributed by atoms with Crippen molar-refractivity contribution in [2.24, 2.45) is 0 Å². The van der Waals surface area contributed by atoms with E-state index in [2.05, 4.69) is 0 Å². The molecule has 5 N–H and O–H groups in total. The van der Waals surface area contributed by atoms with Gasteiger partial charge in [0, 0.05) is 18.9 Å². The third-order valence-electron chi connectivity index (χ3n) is 4.75. The highest BCUT2D eigenvalue weighted by Crippen LogP contribution is 2.26. The summed E-state index contributed by atoms with van der Waals surface area (Å²) < 4.78 is 24.0. The van der Waals surface area contributed by atoms with Crippen molar-refractivity contribution in [1.29, 1.82) is 0 Å². The van der Waals surface area contributed by atoms with E-state index < -0.39 is 36.5 Å². The van der Waals surface area contributed by atoms with Crippen LogP contribution in [-0.2, 0) is 20.9 Å². The molecular formula is C23H25FO9. The van der Waals surface area contributed by atoms with Crippen LogP contribution >= 0.6 is 0 Å². The molecule has 2 aromatic rings. The molecule has 3 rings (SSSR count). The molecule has 0 saturated heterocycles. The van der Waals surface area contributed by atoms with Gasteiger partial charge in [0.2, 0.25) is 0 Å². The molecule has 9 nitrogen and oxygen atoms in total. The Morgan fingerprint density at radius 2 is 1.61 bits per heavy atom. The fraction of sp³-hybridized carbons (Fsp3) is 0.304. The second-order valence-electron chi connectivity index (χ2n) is 7.27. The van der Waals surface area contributed by atoms with Crippen LogP contribution in [0.3, 0.4) is 0 Å². The Morgan fingerprint density at radius 1 is 1.00 bits per heavy atom. The number of rotatable bonds is 6. The first kappa shape index (κ1) is 25.8. The minimum absolute atomic E-state index is 0.121. The molecule has 0 unspecified atom stereocenters. The summed E-state index contributed by atoms with van der Waals surface area (Å²) in [6, 6.07) is 12.1. The Kier molecular flexibility index (Phi) is 9.80. The zero-order chi connectivity index (χ0) is 24.4. The molecule has 0 radical (unpaired) electrons. The predicted molar refractivity (Wildman–Crippen MR) is 114 cm³/mol. The number of ether oxygens (including phenoxy) is 2. The molecule has 0 aliphatic heterocycles. The highest BCUT2D eigenvalue weighted by atomic mass is 19.1. The summed E-state index contributed by atoms with van der Waals surface area (Å²) in [5.74, 6) is -0.874. The maximum absolute atomic E-state index is 13.0. The summed E-state index contributed by atoms with van der Waals surface area (Å²) >= 11 is 0. The van der Waals surface area contributed by atoms with Crippen molar-refractivity contribution < 1.29 is 49.0 Å². The molecule has 0 amide bonds. The maximum Gasteiger partial charge on any atom is 0.503 e. The number of phenols is 1. The number of aliphatic hydroxyl groups is 2. The molecule has 1 aliphatic carbocycles. The Morgan fingerprint density at radius 3 is 2.21 bits per heavy atom. The second kappa shape index (κ2) is 12.5. The minimum atomic E-state index is -1.83. The van der Waals surface area contributed by atoms with Gasteiger partial charge in [0.25, 0.3) is 0 Å². The molecule has 10 heteroatoms. The van der Waals surface area contributed by atoms with Gasteiger partial charge < -0.3 is 35.0 Å². The molecule has 0 bridgehead atoms. The van der Waals surface area contributed by atoms with Crippen molar-refractivity contribution in [3.63, 3.8) is 0 Å². The van der Waals surface area contributed by atoms with Crippen molar-refractivity contribution in [3.05, 3.63) is 71.6 Å². The number of benzene rings is 2. The van der Waals surface area contributed by atoms with Gasteiger partial charge in [-0.25, -0.2) is 14.0 Å². The number of carbonyl (C=O) groups excluding carboxylic acids is 1. The third-order valence-corrected chi connectivity index (χ3v) is 4.75. The van der Waals surface area contributed by atoms with Gasteiger partial charge in [-0.05, 0) is 41.5 Å². The molecule has 0 spiro atoms. The second-order valence-corrected chi connectivity index (χ2v) is 7.27. The van der Waals surface area contributed by atoms with Gasteiger partial charge in [-0.2, -0.15) is 0 Å². The number of esters is 1.